The van der Waals surface area contributed by atoms with Crippen molar-refractivity contribution < 1.29 is 13.3 Å². The van der Waals surface area contributed by atoms with Gasteiger partial charge in [-0.05, 0) is 6.42 Å². The maximum absolute atomic E-state index is 10.5. The fraction of sp³-hybridized carbons (Fsp3) is 1.00. The first-order valence-electron chi connectivity index (χ1n) is 3.42. The molecular weight excluding hydrogens is 206 g/mol. The van der Waals surface area contributed by atoms with Crippen LogP contribution in [0.25, 0.3) is 0 Å². The Labute approximate surface area is 75.3 Å². The fourth-order valence-electron chi connectivity index (χ4n) is 0.813. The molecule has 0 aromatic carbocycles. The van der Waals surface area contributed by atoms with Gasteiger partial charge < -0.3 is 0 Å². The molecule has 0 heterocycles. The standard InChI is InChI=1S/C5H10ClNO4S/c1-2-3-5(7(8)9)4-12(6,10)11/h5H,2-4H2,1H3. The van der Waals surface area contributed by atoms with Crippen molar-refractivity contribution in [1.29, 1.82) is 0 Å². The maximum atomic E-state index is 10.5. The summed E-state index contributed by atoms with van der Waals surface area (Å²) in [6.45, 7) is 1.75. The van der Waals surface area contributed by atoms with Crippen molar-refractivity contribution in [3.8, 4) is 0 Å². The minimum Gasteiger partial charge on any atom is -0.264 e. The highest BCUT2D eigenvalue weighted by molar-refractivity contribution is 8.13. The minimum atomic E-state index is -3.76. The lowest BCUT2D eigenvalue weighted by Crippen LogP contribution is -2.26. The molecule has 0 radical (unpaired) electrons. The Kier molecular flexibility index (Phi) is 4.47. The number of nitro groups is 1. The van der Waals surface area contributed by atoms with E-state index in [-0.39, 0.29) is 6.42 Å². The molecule has 0 saturated heterocycles. The van der Waals surface area contributed by atoms with Gasteiger partial charge in [0, 0.05) is 22.0 Å². The van der Waals surface area contributed by atoms with Crippen LogP contribution in [0.4, 0.5) is 0 Å². The highest BCUT2D eigenvalue weighted by Crippen LogP contribution is 2.07. The van der Waals surface area contributed by atoms with E-state index in [1.807, 2.05) is 0 Å². The van der Waals surface area contributed by atoms with Gasteiger partial charge in [0.15, 0.2) is 0 Å². The van der Waals surface area contributed by atoms with Crippen molar-refractivity contribution in [2.45, 2.75) is 25.8 Å². The topological polar surface area (TPSA) is 77.3 Å². The predicted octanol–water partition coefficient (Wildman–Crippen LogP) is 1.00. The summed E-state index contributed by atoms with van der Waals surface area (Å²) in [5.41, 5.74) is 0. The molecular formula is C5H10ClNO4S. The summed E-state index contributed by atoms with van der Waals surface area (Å²) >= 11 is 0. The number of hydrogen-bond acceptors (Lipinski definition) is 4. The van der Waals surface area contributed by atoms with E-state index in [2.05, 4.69) is 0 Å². The zero-order chi connectivity index (χ0) is 9.78. The normalized spacial score (nSPS) is 14.2. The Bertz CT molecular complexity index is 250. The Balaban J connectivity index is 4.24. The maximum Gasteiger partial charge on any atom is 0.239 e. The Morgan fingerprint density at radius 1 is 1.58 bits per heavy atom. The molecule has 0 aromatic heterocycles. The molecule has 72 valence electrons. The van der Waals surface area contributed by atoms with Crippen LogP contribution in [0.5, 0.6) is 0 Å². The van der Waals surface area contributed by atoms with E-state index in [0.29, 0.717) is 6.42 Å². The molecule has 0 fully saturated rings. The van der Waals surface area contributed by atoms with E-state index in [0.717, 1.165) is 0 Å². The van der Waals surface area contributed by atoms with Crippen LogP contribution < -0.4 is 0 Å². The van der Waals surface area contributed by atoms with Crippen LogP contribution in [0.3, 0.4) is 0 Å². The average molecular weight is 216 g/mol. The second-order valence-corrected chi connectivity index (χ2v) is 5.25. The molecule has 0 spiro atoms. The zero-order valence-corrected chi connectivity index (χ0v) is 8.14. The van der Waals surface area contributed by atoms with Gasteiger partial charge in [0.05, 0.1) is 0 Å². The highest BCUT2D eigenvalue weighted by atomic mass is 35.7. The van der Waals surface area contributed by atoms with Crippen LogP contribution in [0.1, 0.15) is 19.8 Å². The van der Waals surface area contributed by atoms with E-state index >= 15 is 0 Å². The largest absolute Gasteiger partial charge is 0.264 e. The summed E-state index contributed by atoms with van der Waals surface area (Å²) in [5.74, 6) is -0.588. The first-order chi connectivity index (χ1) is 5.37. The quantitative estimate of drug-likeness (QED) is 0.389. The van der Waals surface area contributed by atoms with Crippen molar-refractivity contribution in [2.75, 3.05) is 5.75 Å². The number of hydrogen-bond donors (Lipinski definition) is 0. The van der Waals surface area contributed by atoms with E-state index in [1.54, 1.807) is 6.92 Å². The monoisotopic (exact) mass is 215 g/mol. The first-order valence-corrected chi connectivity index (χ1v) is 5.90. The lowest BCUT2D eigenvalue weighted by atomic mass is 10.2. The first kappa shape index (κ1) is 11.6. The average Bonchev–Trinajstić information content (AvgIpc) is 1.83. The molecule has 0 bridgehead atoms. The summed E-state index contributed by atoms with van der Waals surface area (Å²) in [7, 11) is 1.12. The predicted molar refractivity (Wildman–Crippen MR) is 45.3 cm³/mol. The molecule has 0 aliphatic rings. The summed E-state index contributed by atoms with van der Waals surface area (Å²) in [5, 5.41) is 10.2. The number of halogens is 1. The molecule has 7 heteroatoms. The van der Waals surface area contributed by atoms with Gasteiger partial charge in [-0.2, -0.15) is 0 Å². The third-order valence-corrected chi connectivity index (χ3v) is 2.47. The van der Waals surface area contributed by atoms with Crippen LogP contribution in [0.2, 0.25) is 0 Å². The SMILES string of the molecule is CCCC(CS(=O)(=O)Cl)[N+](=O)[O-]. The smallest absolute Gasteiger partial charge is 0.239 e. The van der Waals surface area contributed by atoms with Gasteiger partial charge in [-0.1, -0.05) is 6.92 Å². The molecule has 1 atom stereocenters. The fourth-order valence-corrected chi connectivity index (χ4v) is 2.00. The van der Waals surface area contributed by atoms with Gasteiger partial charge in [0.1, 0.15) is 5.75 Å². The Morgan fingerprint density at radius 3 is 2.33 bits per heavy atom. The molecule has 5 nitrogen and oxygen atoms in total. The molecule has 12 heavy (non-hydrogen) atoms. The number of nitrogens with zero attached hydrogens (tertiary/aromatic N) is 1. The molecule has 0 aromatic rings. The minimum absolute atomic E-state index is 0.235. The second-order valence-electron chi connectivity index (χ2n) is 2.43. The molecule has 0 N–H and O–H groups in total. The van der Waals surface area contributed by atoms with Crippen molar-refractivity contribution in [1.82, 2.24) is 0 Å². The molecule has 0 rings (SSSR count). The van der Waals surface area contributed by atoms with Crippen molar-refractivity contribution in [3.63, 3.8) is 0 Å². The van der Waals surface area contributed by atoms with Crippen LogP contribution >= 0.6 is 10.7 Å². The lowest BCUT2D eigenvalue weighted by molar-refractivity contribution is -0.517. The van der Waals surface area contributed by atoms with Gasteiger partial charge in [0.2, 0.25) is 15.1 Å². The van der Waals surface area contributed by atoms with Gasteiger partial charge in [-0.3, -0.25) is 10.1 Å². The van der Waals surface area contributed by atoms with Gasteiger partial charge >= 0.3 is 0 Å². The molecule has 0 amide bonds. The molecule has 0 aliphatic carbocycles. The van der Waals surface area contributed by atoms with E-state index < -0.39 is 25.8 Å². The Morgan fingerprint density at radius 2 is 2.08 bits per heavy atom. The summed E-state index contributed by atoms with van der Waals surface area (Å²) in [6.07, 6.45) is 0.803. The second kappa shape index (κ2) is 4.61. The van der Waals surface area contributed by atoms with Crippen LogP contribution in [0.15, 0.2) is 0 Å². The van der Waals surface area contributed by atoms with Gasteiger partial charge in [-0.25, -0.2) is 8.42 Å². The van der Waals surface area contributed by atoms with E-state index in [1.165, 1.54) is 0 Å². The van der Waals surface area contributed by atoms with E-state index in [4.69, 9.17) is 10.7 Å². The number of rotatable bonds is 5. The van der Waals surface area contributed by atoms with Gasteiger partial charge in [0.25, 0.3) is 0 Å². The third kappa shape index (κ3) is 5.31. The summed E-state index contributed by atoms with van der Waals surface area (Å²) in [6, 6.07) is -1.07. The van der Waals surface area contributed by atoms with Crippen LogP contribution in [0, 0.1) is 10.1 Å². The van der Waals surface area contributed by atoms with Gasteiger partial charge in [-0.15, -0.1) is 0 Å². The summed E-state index contributed by atoms with van der Waals surface area (Å²) in [4.78, 5) is 9.64. The van der Waals surface area contributed by atoms with Crippen molar-refractivity contribution >= 4 is 19.7 Å². The van der Waals surface area contributed by atoms with Crippen LogP contribution in [-0.4, -0.2) is 25.1 Å². The third-order valence-electron chi connectivity index (χ3n) is 1.31. The molecule has 0 saturated carbocycles. The molecule has 0 aliphatic heterocycles. The van der Waals surface area contributed by atoms with Crippen LogP contribution in [-0.2, 0) is 9.05 Å². The summed E-state index contributed by atoms with van der Waals surface area (Å²) < 4.78 is 21.0. The van der Waals surface area contributed by atoms with Crippen molar-refractivity contribution in [2.24, 2.45) is 0 Å². The molecule has 1 unspecified atom stereocenters. The van der Waals surface area contributed by atoms with E-state index in [9.17, 15) is 18.5 Å². The zero-order valence-electron chi connectivity index (χ0n) is 6.57. The van der Waals surface area contributed by atoms with Crippen molar-refractivity contribution in [3.05, 3.63) is 10.1 Å². The highest BCUT2D eigenvalue weighted by Gasteiger charge is 2.25. The lowest BCUT2D eigenvalue weighted by Gasteiger charge is -2.04. The Hall–Kier alpha value is -0.360.